The third-order valence-corrected chi connectivity index (χ3v) is 20.1. The lowest BCUT2D eigenvalue weighted by molar-refractivity contribution is -0.168. The Morgan fingerprint density at radius 2 is 1.15 bits per heavy atom. The molecule has 4 bridgehead atoms. The SMILES string of the molecule is CN[C@@H](C)C(=O)C[C@H](C(=O)N1C[C@@H](NC(=O)C23CC4CC(C2)CC(C(=O)N[C@H]2C[C@@H](C(=O)C[C@@H]5CCCc6ccccc65)N(C(=O)[C@@H](NC(=O)[C@H](C)NC)C(C)(C)C)C2)(C4)C3)C[C@H]1C(=O)N[C@@H]1CCCc2ccccc21)C(C)(C)C. The fourth-order valence-corrected chi connectivity index (χ4v) is 15.7. The van der Waals surface area contributed by atoms with E-state index in [0.717, 1.165) is 50.5 Å². The summed E-state index contributed by atoms with van der Waals surface area (Å²) in [5, 5.41) is 19.1. The first-order valence-corrected chi connectivity index (χ1v) is 30.2. The first kappa shape index (κ1) is 59.2. The third kappa shape index (κ3) is 12.2. The van der Waals surface area contributed by atoms with Gasteiger partial charge in [-0.05, 0) is 169 Å². The highest BCUT2D eigenvalue weighted by atomic mass is 16.2. The number of likely N-dealkylation sites (N-methyl/N-ethyl adjacent to an activating group) is 2. The summed E-state index contributed by atoms with van der Waals surface area (Å²) in [6.07, 6.45) is 9.98. The smallest absolute Gasteiger partial charge is 0.246 e. The third-order valence-electron chi connectivity index (χ3n) is 20.1. The predicted octanol–water partition coefficient (Wildman–Crippen LogP) is 6.39. The summed E-state index contributed by atoms with van der Waals surface area (Å²) < 4.78 is 0. The van der Waals surface area contributed by atoms with Crippen LogP contribution < -0.4 is 31.9 Å². The average molecular weight is 1100 g/mol. The van der Waals surface area contributed by atoms with Gasteiger partial charge >= 0.3 is 0 Å². The molecule has 436 valence electrons. The van der Waals surface area contributed by atoms with Crippen molar-refractivity contribution in [2.24, 2.45) is 39.4 Å². The summed E-state index contributed by atoms with van der Waals surface area (Å²) in [6.45, 7) is 15.3. The van der Waals surface area contributed by atoms with Gasteiger partial charge in [0.05, 0.1) is 35.0 Å². The van der Waals surface area contributed by atoms with E-state index in [0.29, 0.717) is 32.1 Å². The first-order valence-electron chi connectivity index (χ1n) is 30.2. The number of nitrogens with zero attached hydrogens (tertiary/aromatic N) is 2. The highest BCUT2D eigenvalue weighted by molar-refractivity contribution is 5.96. The average Bonchev–Trinajstić information content (AvgIpc) is 4.19. The molecule has 80 heavy (non-hydrogen) atoms. The Morgan fingerprint density at radius 1 is 0.625 bits per heavy atom. The molecule has 2 aromatic carbocycles. The van der Waals surface area contributed by atoms with Crippen molar-refractivity contribution in [3.05, 3.63) is 70.8 Å². The lowest BCUT2D eigenvalue weighted by Gasteiger charge is -2.60. The van der Waals surface area contributed by atoms with E-state index in [4.69, 9.17) is 0 Å². The summed E-state index contributed by atoms with van der Waals surface area (Å²) in [5.74, 6) is -2.09. The maximum Gasteiger partial charge on any atom is 0.246 e. The largest absolute Gasteiger partial charge is 0.351 e. The van der Waals surface area contributed by atoms with E-state index in [1.165, 1.54) is 16.7 Å². The van der Waals surface area contributed by atoms with Crippen LogP contribution in [0.2, 0.25) is 0 Å². The van der Waals surface area contributed by atoms with Gasteiger partial charge in [0.2, 0.25) is 35.4 Å². The minimum Gasteiger partial charge on any atom is -0.351 e. The van der Waals surface area contributed by atoms with Gasteiger partial charge in [-0.25, -0.2) is 0 Å². The molecule has 8 aliphatic rings. The fourth-order valence-electron chi connectivity index (χ4n) is 15.7. The molecule has 0 radical (unpaired) electrons. The van der Waals surface area contributed by atoms with Gasteiger partial charge in [-0.3, -0.25) is 38.4 Å². The van der Waals surface area contributed by atoms with Crippen LogP contribution in [0, 0.1) is 39.4 Å². The topological polar surface area (TPSA) is 215 Å². The Morgan fingerprint density at radius 3 is 1.71 bits per heavy atom. The molecule has 4 saturated carbocycles. The number of carbonyl (C=O) groups excluding carboxylic acids is 8. The Balaban J connectivity index is 0.940. The van der Waals surface area contributed by atoms with Crippen LogP contribution in [0.1, 0.15) is 179 Å². The Labute approximate surface area is 475 Å². The van der Waals surface area contributed by atoms with Crippen molar-refractivity contribution in [3.63, 3.8) is 0 Å². The summed E-state index contributed by atoms with van der Waals surface area (Å²) in [5.41, 5.74) is 1.70. The summed E-state index contributed by atoms with van der Waals surface area (Å²) in [7, 11) is 3.40. The van der Waals surface area contributed by atoms with Crippen LogP contribution in [-0.4, -0.2) is 126 Å². The molecule has 2 aromatic rings. The van der Waals surface area contributed by atoms with E-state index in [1.54, 1.807) is 37.7 Å². The zero-order valence-electron chi connectivity index (χ0n) is 49.4. The normalized spacial score (nSPS) is 30.3. The second-order valence-corrected chi connectivity index (χ2v) is 27.9. The van der Waals surface area contributed by atoms with Gasteiger partial charge in [0, 0.05) is 43.9 Å². The molecule has 0 spiro atoms. The van der Waals surface area contributed by atoms with E-state index in [2.05, 4.69) is 56.2 Å². The van der Waals surface area contributed by atoms with Crippen LogP contribution in [0.25, 0.3) is 0 Å². The molecule has 6 aliphatic carbocycles. The lowest BCUT2D eigenvalue weighted by atomic mass is 9.43. The number of amides is 6. The van der Waals surface area contributed by atoms with E-state index in [1.807, 2.05) is 65.8 Å². The van der Waals surface area contributed by atoms with Crippen molar-refractivity contribution in [2.75, 3.05) is 27.2 Å². The van der Waals surface area contributed by atoms with Gasteiger partial charge in [-0.15, -0.1) is 0 Å². The van der Waals surface area contributed by atoms with Gasteiger partial charge in [-0.1, -0.05) is 90.1 Å². The Bertz CT molecular complexity index is 2520. The number of benzene rings is 2. The molecule has 10 rings (SSSR count). The van der Waals surface area contributed by atoms with E-state index in [9.17, 15) is 24.0 Å². The maximum absolute atomic E-state index is 15.3. The number of rotatable bonds is 18. The fraction of sp³-hybridized carbons (Fsp3) is 0.688. The number of ketones is 2. The second-order valence-electron chi connectivity index (χ2n) is 27.9. The quantitative estimate of drug-likeness (QED) is 0.0968. The Hall–Kier alpha value is -5.48. The summed E-state index contributed by atoms with van der Waals surface area (Å²) in [6, 6.07) is 11.5. The minimum absolute atomic E-state index is 0.00580. The number of carbonyl (C=O) groups is 8. The van der Waals surface area contributed by atoms with Crippen molar-refractivity contribution in [1.82, 2.24) is 41.7 Å². The first-order chi connectivity index (χ1) is 37.8. The van der Waals surface area contributed by atoms with Gasteiger partial charge < -0.3 is 41.7 Å². The van der Waals surface area contributed by atoms with Crippen LogP contribution in [0.15, 0.2) is 48.5 Å². The van der Waals surface area contributed by atoms with Gasteiger partial charge in [0.15, 0.2) is 5.78 Å². The van der Waals surface area contributed by atoms with Crippen LogP contribution in [0.4, 0.5) is 0 Å². The molecule has 2 saturated heterocycles. The standard InChI is InChI=1S/C64H92N8O8/c1-37(65-9)52(73)29-48(61(3,4)5)57(77)72-35-45(28-51(72)56(76)69-49-24-16-20-42-18-12-14-23-47(42)49)68-60(80)64-32-39-25-40(33-64)31-63(30-39,36-64)59(79)67-44-27-50(53(74)26-43-21-15-19-41-17-11-13-22-46(41)43)71(34-44)58(78)54(62(6,7)8)70-55(75)38(2)66-10/h11-14,17-18,22-23,37-40,43-45,48-51,54,65-66H,15-16,19-21,24-36H2,1-10H3,(H,67,79)(H,68,80)(H,69,76)(H,70,75)/t37-,38-,39?,40?,43-,44-,45-,48+,49+,50-,51-,54+,63?,64?/m0/s1. The van der Waals surface area contributed by atoms with Crippen molar-refractivity contribution < 1.29 is 38.4 Å². The zero-order chi connectivity index (χ0) is 57.6. The molecular weight excluding hydrogens is 1010 g/mol. The molecule has 16 heteroatoms. The van der Waals surface area contributed by atoms with Gasteiger partial charge in [0.25, 0.3) is 0 Å². The molecule has 16 nitrogen and oxygen atoms in total. The minimum atomic E-state index is -0.937. The molecule has 12 atom stereocenters. The van der Waals surface area contributed by atoms with Crippen molar-refractivity contribution >= 4 is 47.0 Å². The number of likely N-dealkylation sites (tertiary alicyclic amines) is 2. The Kier molecular flexibility index (Phi) is 17.3. The predicted molar refractivity (Wildman–Crippen MR) is 307 cm³/mol. The highest BCUT2D eigenvalue weighted by Crippen LogP contribution is 2.65. The summed E-state index contributed by atoms with van der Waals surface area (Å²) in [4.78, 5) is 120. The van der Waals surface area contributed by atoms with Crippen molar-refractivity contribution in [1.29, 1.82) is 0 Å². The molecule has 0 aromatic heterocycles. The van der Waals surface area contributed by atoms with Crippen LogP contribution in [0.3, 0.4) is 0 Å². The highest BCUT2D eigenvalue weighted by Gasteiger charge is 2.64. The van der Waals surface area contributed by atoms with E-state index >= 15 is 14.4 Å². The van der Waals surface area contributed by atoms with Crippen molar-refractivity contribution in [2.45, 2.75) is 212 Å². The van der Waals surface area contributed by atoms with Gasteiger partial charge in [0.1, 0.15) is 17.9 Å². The monoisotopic (exact) mass is 1100 g/mol. The van der Waals surface area contributed by atoms with Gasteiger partial charge in [-0.2, -0.15) is 0 Å². The summed E-state index contributed by atoms with van der Waals surface area (Å²) >= 11 is 0. The molecule has 6 amide bonds. The lowest BCUT2D eigenvalue weighted by Crippen LogP contribution is -2.63. The molecule has 6 fully saturated rings. The molecule has 6 N–H and O–H groups in total. The van der Waals surface area contributed by atoms with Crippen LogP contribution in [-0.2, 0) is 51.2 Å². The molecule has 2 unspecified atom stereocenters. The number of hydrogen-bond acceptors (Lipinski definition) is 10. The van der Waals surface area contributed by atoms with E-state index in [-0.39, 0.29) is 110 Å². The van der Waals surface area contributed by atoms with E-state index < -0.39 is 69.9 Å². The number of nitrogens with one attached hydrogen (secondary N) is 6. The maximum atomic E-state index is 15.3. The number of Topliss-reactive ketones (excluding diaryl/α,β-unsaturated/α-hetero) is 2. The van der Waals surface area contributed by atoms with Crippen LogP contribution >= 0.6 is 0 Å². The number of aryl methyl sites for hydroxylation is 2. The number of hydrogen-bond donors (Lipinski definition) is 6. The molecule has 2 aliphatic heterocycles. The van der Waals surface area contributed by atoms with Crippen molar-refractivity contribution in [3.8, 4) is 0 Å². The number of fused-ring (bicyclic) bond motifs is 2. The van der Waals surface area contributed by atoms with Crippen LogP contribution in [0.5, 0.6) is 0 Å². The zero-order valence-corrected chi connectivity index (χ0v) is 49.4. The molecular formula is C64H92N8O8. The molecule has 2 heterocycles. The second kappa shape index (κ2) is 23.4.